The molecule has 3 rings (SSSR count). The van der Waals surface area contributed by atoms with Crippen molar-refractivity contribution in [3.63, 3.8) is 0 Å². The van der Waals surface area contributed by atoms with E-state index in [2.05, 4.69) is 22.0 Å². The van der Waals surface area contributed by atoms with Gasteiger partial charge in [0.05, 0.1) is 11.6 Å². The lowest BCUT2D eigenvalue weighted by atomic mass is 10.0. The number of allylic oxidation sites excluding steroid dienone is 1. The molecule has 0 aliphatic heterocycles. The van der Waals surface area contributed by atoms with Crippen LogP contribution in [0.5, 0.6) is 5.75 Å². The maximum Gasteiger partial charge on any atom is 0.379 e. The smallest absolute Gasteiger partial charge is 0.379 e. The lowest BCUT2D eigenvalue weighted by Crippen LogP contribution is -2.07. The molecule has 0 bridgehead atoms. The molecule has 4 nitrogen and oxygen atoms in total. The normalized spacial score (nSPS) is 11.0. The first-order valence-corrected chi connectivity index (χ1v) is 8.67. The van der Waals surface area contributed by atoms with Crippen LogP contribution in [0.15, 0.2) is 69.8 Å². The average Bonchev–Trinajstić information content (AvgIpc) is 3.07. The summed E-state index contributed by atoms with van der Waals surface area (Å²) in [6.07, 6.45) is 1.71. The minimum absolute atomic E-state index is 0.0942. The summed E-state index contributed by atoms with van der Waals surface area (Å²) < 4.78 is 10.9. The van der Waals surface area contributed by atoms with Crippen LogP contribution in [0.4, 0.5) is 0 Å². The molecule has 0 saturated carbocycles. The molecule has 0 saturated heterocycles. The molecular weight excluding hydrogens is 418 g/mol. The number of carbonyl (C=O) groups excluding carboxylic acids is 1. The second-order valence-corrected chi connectivity index (χ2v) is 6.46. The minimum Gasteiger partial charge on any atom is -0.442 e. The van der Waals surface area contributed by atoms with Gasteiger partial charge >= 0.3 is 5.97 Å². The third-order valence-electron chi connectivity index (χ3n) is 3.43. The maximum absolute atomic E-state index is 12.1. The highest BCUT2D eigenvalue weighted by Gasteiger charge is 2.13. The largest absolute Gasteiger partial charge is 0.442 e. The Bertz CT molecular complexity index is 1020. The lowest BCUT2D eigenvalue weighted by Gasteiger charge is -2.04. The first kappa shape index (κ1) is 18.0. The van der Waals surface area contributed by atoms with Gasteiger partial charge in [-0.3, -0.25) is 0 Å². The van der Waals surface area contributed by atoms with E-state index in [0.29, 0.717) is 21.0 Å². The highest BCUT2D eigenvalue weighted by Crippen LogP contribution is 2.23. The maximum atomic E-state index is 12.1. The van der Waals surface area contributed by atoms with Crippen LogP contribution in [-0.2, 0) is 0 Å². The molecule has 1 heterocycles. The van der Waals surface area contributed by atoms with Crippen LogP contribution in [0.3, 0.4) is 0 Å². The molecule has 0 radical (unpaired) electrons. The van der Waals surface area contributed by atoms with Crippen LogP contribution in [0.25, 0.3) is 11.6 Å². The molecule has 6 heteroatoms. The number of nitrogens with zero attached hydrogens (tertiary/aromatic N) is 1. The van der Waals surface area contributed by atoms with Crippen molar-refractivity contribution < 1.29 is 13.9 Å². The fourth-order valence-corrected chi connectivity index (χ4v) is 2.66. The molecule has 128 valence electrons. The lowest BCUT2D eigenvalue weighted by molar-refractivity contribution is 0.0700. The van der Waals surface area contributed by atoms with E-state index in [-0.39, 0.29) is 5.76 Å². The van der Waals surface area contributed by atoms with Crippen LogP contribution in [-0.4, -0.2) is 5.97 Å². The van der Waals surface area contributed by atoms with E-state index in [0.717, 1.165) is 11.1 Å². The summed E-state index contributed by atoms with van der Waals surface area (Å²) in [4.78, 5) is 12.1. The third kappa shape index (κ3) is 4.42. The highest BCUT2D eigenvalue weighted by molar-refractivity contribution is 9.10. The van der Waals surface area contributed by atoms with Crippen LogP contribution in [0, 0.1) is 11.3 Å². The number of esters is 1. The van der Waals surface area contributed by atoms with Gasteiger partial charge in [0, 0.05) is 5.02 Å². The van der Waals surface area contributed by atoms with Gasteiger partial charge < -0.3 is 9.15 Å². The Kier molecular flexibility index (Phi) is 5.57. The van der Waals surface area contributed by atoms with Crippen molar-refractivity contribution in [3.8, 4) is 11.8 Å². The van der Waals surface area contributed by atoms with Gasteiger partial charge in [0.15, 0.2) is 4.67 Å². The molecule has 0 amide bonds. The van der Waals surface area contributed by atoms with Crippen molar-refractivity contribution in [1.82, 2.24) is 0 Å². The quantitative estimate of drug-likeness (QED) is 0.222. The summed E-state index contributed by atoms with van der Waals surface area (Å²) in [6, 6.07) is 19.2. The molecular formula is C20H11BrClNO3. The molecule has 0 atom stereocenters. The second-order valence-electron chi connectivity index (χ2n) is 5.24. The Hall–Kier alpha value is -2.81. The Morgan fingerprint density at radius 3 is 2.58 bits per heavy atom. The SMILES string of the molecule is N#C/C(=C/c1cccc(OC(=O)c2ccc(Br)o2)c1)c1ccc(Cl)cc1. The summed E-state index contributed by atoms with van der Waals surface area (Å²) in [5.74, 6) is -0.156. The standard InChI is InChI=1S/C20H11BrClNO3/c21-19-9-8-18(26-19)20(24)25-17-3-1-2-13(11-17)10-15(12-23)14-4-6-16(22)7-5-14/h1-11H/b15-10-. The molecule has 0 N–H and O–H groups in total. The molecule has 2 aromatic carbocycles. The van der Waals surface area contributed by atoms with Gasteiger partial charge in [-0.15, -0.1) is 0 Å². The number of rotatable bonds is 4. The van der Waals surface area contributed by atoms with Crippen molar-refractivity contribution in [2.45, 2.75) is 0 Å². The predicted molar refractivity (Wildman–Crippen MR) is 103 cm³/mol. The first-order chi connectivity index (χ1) is 12.5. The number of hydrogen-bond donors (Lipinski definition) is 0. The van der Waals surface area contributed by atoms with Crippen LogP contribution >= 0.6 is 27.5 Å². The van der Waals surface area contributed by atoms with Crippen LogP contribution < -0.4 is 4.74 Å². The van der Waals surface area contributed by atoms with Gasteiger partial charge in [-0.1, -0.05) is 35.9 Å². The molecule has 0 fully saturated rings. The Balaban J connectivity index is 1.83. The molecule has 0 spiro atoms. The average molecular weight is 429 g/mol. The van der Waals surface area contributed by atoms with Gasteiger partial charge in [-0.25, -0.2) is 4.79 Å². The second kappa shape index (κ2) is 8.05. The van der Waals surface area contributed by atoms with Gasteiger partial charge in [0.25, 0.3) is 0 Å². The van der Waals surface area contributed by atoms with Crippen molar-refractivity contribution >= 4 is 45.1 Å². The van der Waals surface area contributed by atoms with Gasteiger partial charge in [0.1, 0.15) is 5.75 Å². The van der Waals surface area contributed by atoms with E-state index in [1.165, 1.54) is 6.07 Å². The van der Waals surface area contributed by atoms with E-state index in [1.54, 1.807) is 54.6 Å². The molecule has 3 aromatic rings. The van der Waals surface area contributed by atoms with E-state index in [4.69, 9.17) is 20.8 Å². The topological polar surface area (TPSA) is 63.2 Å². The predicted octanol–water partition coefficient (Wildman–Crippen LogP) is 5.98. The number of ether oxygens (including phenoxy) is 1. The van der Waals surface area contributed by atoms with E-state index in [9.17, 15) is 10.1 Å². The highest BCUT2D eigenvalue weighted by atomic mass is 79.9. The molecule has 0 aliphatic rings. The number of benzene rings is 2. The number of nitriles is 1. The van der Waals surface area contributed by atoms with E-state index >= 15 is 0 Å². The van der Waals surface area contributed by atoms with E-state index < -0.39 is 5.97 Å². The fourth-order valence-electron chi connectivity index (χ4n) is 2.23. The van der Waals surface area contributed by atoms with Crippen LogP contribution in [0.2, 0.25) is 5.02 Å². The zero-order valence-corrected chi connectivity index (χ0v) is 15.6. The molecule has 0 aliphatic carbocycles. The monoisotopic (exact) mass is 427 g/mol. The number of hydrogen-bond acceptors (Lipinski definition) is 4. The summed E-state index contributed by atoms with van der Waals surface area (Å²) >= 11 is 9.02. The Morgan fingerprint density at radius 2 is 1.92 bits per heavy atom. The molecule has 26 heavy (non-hydrogen) atoms. The summed E-state index contributed by atoms with van der Waals surface area (Å²) in [5.41, 5.74) is 1.95. The minimum atomic E-state index is -0.602. The van der Waals surface area contributed by atoms with Crippen molar-refractivity contribution in [1.29, 1.82) is 5.26 Å². The van der Waals surface area contributed by atoms with Crippen molar-refractivity contribution in [3.05, 3.63) is 87.2 Å². The molecule has 1 aromatic heterocycles. The van der Waals surface area contributed by atoms with Gasteiger partial charge in [-0.05, 0) is 69.5 Å². The summed E-state index contributed by atoms with van der Waals surface area (Å²) in [5, 5.41) is 10.0. The van der Waals surface area contributed by atoms with Crippen molar-refractivity contribution in [2.24, 2.45) is 0 Å². The van der Waals surface area contributed by atoms with Gasteiger partial charge in [-0.2, -0.15) is 5.26 Å². The Labute approximate surface area is 163 Å². The van der Waals surface area contributed by atoms with Crippen LogP contribution in [0.1, 0.15) is 21.7 Å². The number of furan rings is 1. The molecule has 0 unspecified atom stereocenters. The van der Waals surface area contributed by atoms with Gasteiger partial charge in [0.2, 0.25) is 5.76 Å². The zero-order valence-electron chi connectivity index (χ0n) is 13.3. The summed E-state index contributed by atoms with van der Waals surface area (Å²) in [6.45, 7) is 0. The third-order valence-corrected chi connectivity index (χ3v) is 4.11. The first-order valence-electron chi connectivity index (χ1n) is 7.50. The number of halogens is 2. The summed E-state index contributed by atoms with van der Waals surface area (Å²) in [7, 11) is 0. The zero-order chi connectivity index (χ0) is 18.5. The Morgan fingerprint density at radius 1 is 1.15 bits per heavy atom. The van der Waals surface area contributed by atoms with Crippen molar-refractivity contribution in [2.75, 3.05) is 0 Å². The number of carbonyl (C=O) groups is 1. The van der Waals surface area contributed by atoms with E-state index in [1.807, 2.05) is 6.07 Å². The fraction of sp³-hybridized carbons (Fsp3) is 0.